The van der Waals surface area contributed by atoms with E-state index in [1.807, 2.05) is 20.8 Å². The summed E-state index contributed by atoms with van der Waals surface area (Å²) < 4.78 is 0. The van der Waals surface area contributed by atoms with E-state index < -0.39 is 6.10 Å². The van der Waals surface area contributed by atoms with E-state index in [0.29, 0.717) is 13.0 Å². The Labute approximate surface area is 90.6 Å². The van der Waals surface area contributed by atoms with Crippen molar-refractivity contribution in [2.75, 3.05) is 13.1 Å². The van der Waals surface area contributed by atoms with Crippen LogP contribution >= 0.6 is 0 Å². The van der Waals surface area contributed by atoms with Crippen LogP contribution in [0.1, 0.15) is 27.2 Å². The Bertz CT molecular complexity index is 225. The van der Waals surface area contributed by atoms with Gasteiger partial charge in [0.1, 0.15) is 0 Å². The van der Waals surface area contributed by atoms with E-state index in [1.165, 1.54) is 0 Å². The Morgan fingerprint density at radius 3 is 2.67 bits per heavy atom. The predicted molar refractivity (Wildman–Crippen MR) is 58.7 cm³/mol. The van der Waals surface area contributed by atoms with Crippen LogP contribution < -0.4 is 16.0 Å². The van der Waals surface area contributed by atoms with Crippen molar-refractivity contribution >= 4 is 6.03 Å². The van der Waals surface area contributed by atoms with Crippen molar-refractivity contribution in [2.45, 2.75) is 44.9 Å². The maximum Gasteiger partial charge on any atom is 0.315 e. The molecule has 2 amide bonds. The molecular weight excluding hydrogens is 194 g/mol. The molecule has 0 saturated carbocycles. The average molecular weight is 215 g/mol. The highest BCUT2D eigenvalue weighted by Crippen LogP contribution is 2.04. The summed E-state index contributed by atoms with van der Waals surface area (Å²) in [6.07, 6.45) is 0.234. The van der Waals surface area contributed by atoms with Gasteiger partial charge in [0.25, 0.3) is 0 Å². The molecule has 15 heavy (non-hydrogen) atoms. The zero-order valence-corrected chi connectivity index (χ0v) is 9.63. The number of hydrogen-bond donors (Lipinski definition) is 4. The van der Waals surface area contributed by atoms with E-state index in [1.54, 1.807) is 0 Å². The molecule has 1 heterocycles. The monoisotopic (exact) mass is 215 g/mol. The number of aliphatic hydroxyl groups excluding tert-OH is 1. The van der Waals surface area contributed by atoms with Crippen LogP contribution in [0, 0.1) is 0 Å². The number of carbonyl (C=O) groups is 1. The molecule has 4 N–H and O–H groups in total. The molecule has 2 unspecified atom stereocenters. The predicted octanol–water partition coefficient (Wildman–Crippen LogP) is -0.193. The molecule has 1 fully saturated rings. The maximum atomic E-state index is 11.5. The zero-order chi connectivity index (χ0) is 11.5. The van der Waals surface area contributed by atoms with Crippen LogP contribution in [-0.2, 0) is 0 Å². The van der Waals surface area contributed by atoms with Gasteiger partial charge < -0.3 is 21.1 Å². The summed E-state index contributed by atoms with van der Waals surface area (Å²) in [6.45, 7) is 7.19. The molecule has 1 saturated heterocycles. The number of hydrogen-bond acceptors (Lipinski definition) is 3. The molecule has 5 nitrogen and oxygen atoms in total. The number of urea groups is 1. The second-order valence-corrected chi connectivity index (χ2v) is 5.02. The Balaban J connectivity index is 2.36. The number of nitrogens with one attached hydrogen (secondary N) is 3. The van der Waals surface area contributed by atoms with Crippen molar-refractivity contribution in [3.05, 3.63) is 0 Å². The van der Waals surface area contributed by atoms with Crippen molar-refractivity contribution in [2.24, 2.45) is 0 Å². The Kier molecular flexibility index (Phi) is 3.93. The van der Waals surface area contributed by atoms with Gasteiger partial charge in [-0.1, -0.05) is 0 Å². The quantitative estimate of drug-likeness (QED) is 0.490. The minimum Gasteiger partial charge on any atom is -0.391 e. The summed E-state index contributed by atoms with van der Waals surface area (Å²) in [7, 11) is 0. The van der Waals surface area contributed by atoms with Crippen LogP contribution in [0.4, 0.5) is 4.79 Å². The lowest BCUT2D eigenvalue weighted by Crippen LogP contribution is -2.58. The number of piperidine rings is 1. The minimum atomic E-state index is -0.447. The molecule has 2 atom stereocenters. The first kappa shape index (κ1) is 12.3. The summed E-state index contributed by atoms with van der Waals surface area (Å²) in [5, 5.41) is 18.3. The van der Waals surface area contributed by atoms with E-state index in [0.717, 1.165) is 6.54 Å². The van der Waals surface area contributed by atoms with Gasteiger partial charge >= 0.3 is 6.03 Å². The van der Waals surface area contributed by atoms with Crippen LogP contribution in [0.25, 0.3) is 0 Å². The molecule has 1 aliphatic heterocycles. The fraction of sp³-hybridized carbons (Fsp3) is 0.900. The van der Waals surface area contributed by atoms with E-state index >= 15 is 0 Å². The smallest absolute Gasteiger partial charge is 0.315 e. The van der Waals surface area contributed by atoms with Crippen molar-refractivity contribution in [1.29, 1.82) is 0 Å². The topological polar surface area (TPSA) is 73.4 Å². The first-order chi connectivity index (χ1) is 6.88. The minimum absolute atomic E-state index is 0.193. The molecule has 0 bridgehead atoms. The van der Waals surface area contributed by atoms with Gasteiger partial charge in [-0.2, -0.15) is 0 Å². The maximum absolute atomic E-state index is 11.5. The lowest BCUT2D eigenvalue weighted by atomic mass is 10.0. The molecule has 5 heteroatoms. The fourth-order valence-electron chi connectivity index (χ4n) is 1.54. The highest BCUT2D eigenvalue weighted by Gasteiger charge is 2.25. The molecule has 0 radical (unpaired) electrons. The van der Waals surface area contributed by atoms with Gasteiger partial charge in [0.15, 0.2) is 0 Å². The van der Waals surface area contributed by atoms with Crippen LogP contribution in [-0.4, -0.2) is 41.9 Å². The van der Waals surface area contributed by atoms with Gasteiger partial charge in [-0.3, -0.25) is 0 Å². The van der Waals surface area contributed by atoms with Crippen LogP contribution in [0.2, 0.25) is 0 Å². The Morgan fingerprint density at radius 1 is 1.47 bits per heavy atom. The number of aliphatic hydroxyl groups is 1. The molecule has 1 rings (SSSR count). The van der Waals surface area contributed by atoms with E-state index in [-0.39, 0.29) is 17.6 Å². The second kappa shape index (κ2) is 4.81. The Hall–Kier alpha value is -0.810. The molecule has 1 aliphatic rings. The van der Waals surface area contributed by atoms with Crippen molar-refractivity contribution < 1.29 is 9.90 Å². The molecule has 0 aromatic carbocycles. The van der Waals surface area contributed by atoms with Crippen molar-refractivity contribution in [3.8, 4) is 0 Å². The van der Waals surface area contributed by atoms with Gasteiger partial charge in [0, 0.05) is 12.1 Å². The van der Waals surface area contributed by atoms with Gasteiger partial charge in [0.2, 0.25) is 0 Å². The summed E-state index contributed by atoms with van der Waals surface area (Å²) in [5.74, 6) is 0. The first-order valence-corrected chi connectivity index (χ1v) is 5.36. The molecule has 88 valence electrons. The van der Waals surface area contributed by atoms with E-state index in [2.05, 4.69) is 16.0 Å². The van der Waals surface area contributed by atoms with E-state index in [9.17, 15) is 9.90 Å². The van der Waals surface area contributed by atoms with Gasteiger partial charge in [-0.25, -0.2) is 4.79 Å². The lowest BCUT2D eigenvalue weighted by molar-refractivity contribution is 0.101. The van der Waals surface area contributed by atoms with E-state index in [4.69, 9.17) is 0 Å². The largest absolute Gasteiger partial charge is 0.391 e. The second-order valence-electron chi connectivity index (χ2n) is 5.02. The van der Waals surface area contributed by atoms with Gasteiger partial charge in [-0.15, -0.1) is 0 Å². The van der Waals surface area contributed by atoms with Gasteiger partial charge in [-0.05, 0) is 33.7 Å². The summed E-state index contributed by atoms with van der Waals surface area (Å²) >= 11 is 0. The lowest BCUT2D eigenvalue weighted by Gasteiger charge is -2.30. The molecule has 0 aromatic heterocycles. The highest BCUT2D eigenvalue weighted by molar-refractivity contribution is 5.75. The van der Waals surface area contributed by atoms with Crippen molar-refractivity contribution in [1.82, 2.24) is 16.0 Å². The summed E-state index contributed by atoms with van der Waals surface area (Å²) in [5.41, 5.74) is -0.253. The fourth-order valence-corrected chi connectivity index (χ4v) is 1.54. The van der Waals surface area contributed by atoms with Gasteiger partial charge in [0.05, 0.1) is 12.1 Å². The third-order valence-corrected chi connectivity index (χ3v) is 2.25. The number of carbonyl (C=O) groups excluding carboxylic acids is 1. The molecule has 0 aliphatic carbocycles. The third kappa shape index (κ3) is 4.48. The average Bonchev–Trinajstić information content (AvgIpc) is 2.05. The first-order valence-electron chi connectivity index (χ1n) is 5.36. The number of rotatable bonds is 1. The normalized spacial score (nSPS) is 27.2. The molecule has 0 spiro atoms. The summed E-state index contributed by atoms with van der Waals surface area (Å²) in [4.78, 5) is 11.5. The Morgan fingerprint density at radius 2 is 2.13 bits per heavy atom. The number of amides is 2. The van der Waals surface area contributed by atoms with Crippen LogP contribution in [0.5, 0.6) is 0 Å². The third-order valence-electron chi connectivity index (χ3n) is 2.25. The van der Waals surface area contributed by atoms with Crippen molar-refractivity contribution in [3.63, 3.8) is 0 Å². The zero-order valence-electron chi connectivity index (χ0n) is 9.63. The SMILES string of the molecule is CC(C)(C)NC(=O)NC1CNCCC1O. The molecular formula is C10H21N3O2. The highest BCUT2D eigenvalue weighted by atomic mass is 16.3. The molecule has 0 aromatic rings. The summed E-state index contributed by atoms with van der Waals surface area (Å²) in [6, 6.07) is -0.420. The standard InChI is InChI=1S/C10H21N3O2/c1-10(2,3)13-9(15)12-7-6-11-5-4-8(7)14/h7-8,11,14H,4-6H2,1-3H3,(H2,12,13,15). The van der Waals surface area contributed by atoms with Crippen LogP contribution in [0.15, 0.2) is 0 Å². The van der Waals surface area contributed by atoms with Crippen LogP contribution in [0.3, 0.4) is 0 Å².